The highest BCUT2D eigenvalue weighted by Gasteiger charge is 2.21. The predicted octanol–water partition coefficient (Wildman–Crippen LogP) is 2.12. The third kappa shape index (κ3) is 6.79. The summed E-state index contributed by atoms with van der Waals surface area (Å²) in [6, 6.07) is 7.98. The second-order valence-electron chi connectivity index (χ2n) is 5.12. The van der Waals surface area contributed by atoms with Gasteiger partial charge in [0.1, 0.15) is 6.54 Å². The maximum absolute atomic E-state index is 11.5. The van der Waals surface area contributed by atoms with E-state index in [-0.39, 0.29) is 42.4 Å². The summed E-state index contributed by atoms with van der Waals surface area (Å²) in [5, 5.41) is 5.82. The lowest BCUT2D eigenvalue weighted by molar-refractivity contribution is -0.119. The summed E-state index contributed by atoms with van der Waals surface area (Å²) in [5.41, 5.74) is 7.90. The van der Waals surface area contributed by atoms with E-state index in [0.717, 1.165) is 18.7 Å². The van der Waals surface area contributed by atoms with E-state index in [0.29, 0.717) is 5.92 Å². The second-order valence-corrected chi connectivity index (χ2v) is 5.12. The minimum absolute atomic E-state index is 0. The van der Waals surface area contributed by atoms with Crippen molar-refractivity contribution in [2.45, 2.75) is 26.2 Å². The third-order valence-electron chi connectivity index (χ3n) is 3.31. The summed E-state index contributed by atoms with van der Waals surface area (Å²) in [7, 11) is 0. The van der Waals surface area contributed by atoms with Crippen molar-refractivity contribution >= 4 is 41.5 Å². The third-order valence-corrected chi connectivity index (χ3v) is 3.31. The van der Waals surface area contributed by atoms with E-state index >= 15 is 0 Å². The molecule has 0 aromatic heterocycles. The first-order chi connectivity index (χ1) is 9.67. The minimum Gasteiger partial charge on any atom is -0.370 e. The first-order valence-corrected chi connectivity index (χ1v) is 7.10. The molecule has 1 aliphatic rings. The highest BCUT2D eigenvalue weighted by atomic mass is 127. The number of halogens is 1. The van der Waals surface area contributed by atoms with Crippen LogP contribution in [0.1, 0.15) is 25.3 Å². The van der Waals surface area contributed by atoms with Crippen LogP contribution in [0.25, 0.3) is 0 Å². The molecule has 0 radical (unpaired) electrons. The molecule has 1 aromatic carbocycles. The Kier molecular flexibility index (Phi) is 7.49. The van der Waals surface area contributed by atoms with E-state index in [1.54, 1.807) is 0 Å². The highest BCUT2D eigenvalue weighted by Crippen LogP contribution is 2.27. The zero-order valence-corrected chi connectivity index (χ0v) is 14.6. The first kappa shape index (κ1) is 17.7. The molecule has 4 N–H and O–H groups in total. The Balaban J connectivity index is 0.00000220. The molecule has 0 atom stereocenters. The molecule has 1 aromatic rings. The number of hydrogen-bond donors (Lipinski definition) is 3. The van der Waals surface area contributed by atoms with Gasteiger partial charge in [-0.1, -0.05) is 19.1 Å². The van der Waals surface area contributed by atoms with E-state index in [1.807, 2.05) is 24.3 Å². The molecule has 2 rings (SSSR count). The van der Waals surface area contributed by atoms with Gasteiger partial charge in [0.2, 0.25) is 5.91 Å². The molecular formula is C15H23IN4O. The van der Waals surface area contributed by atoms with Gasteiger partial charge >= 0.3 is 0 Å². The topological polar surface area (TPSA) is 79.5 Å². The number of carbonyl (C=O) groups excluding carboxylic acids is 1. The van der Waals surface area contributed by atoms with Crippen molar-refractivity contribution < 1.29 is 4.79 Å². The molecule has 0 heterocycles. The molecule has 5 nitrogen and oxygen atoms in total. The van der Waals surface area contributed by atoms with Crippen LogP contribution in [-0.2, 0) is 11.2 Å². The van der Waals surface area contributed by atoms with Crippen LogP contribution in [0.3, 0.4) is 0 Å². The Morgan fingerprint density at radius 3 is 2.57 bits per heavy atom. The normalized spacial score (nSPS) is 14.2. The maximum atomic E-state index is 11.5. The lowest BCUT2D eigenvalue weighted by Crippen LogP contribution is -2.30. The average Bonchev–Trinajstić information content (AvgIpc) is 3.28. The smallest absolute Gasteiger partial charge is 0.241 e. The molecule has 1 saturated carbocycles. The van der Waals surface area contributed by atoms with Crippen molar-refractivity contribution in [3.05, 3.63) is 29.8 Å². The van der Waals surface area contributed by atoms with Crippen molar-refractivity contribution in [1.29, 1.82) is 0 Å². The molecule has 0 aliphatic heterocycles. The fourth-order valence-corrected chi connectivity index (χ4v) is 1.80. The summed E-state index contributed by atoms with van der Waals surface area (Å²) >= 11 is 0. The number of rotatable bonds is 6. The summed E-state index contributed by atoms with van der Waals surface area (Å²) < 4.78 is 0. The number of nitrogens with zero attached hydrogens (tertiary/aromatic N) is 1. The highest BCUT2D eigenvalue weighted by molar-refractivity contribution is 14.0. The van der Waals surface area contributed by atoms with Gasteiger partial charge in [-0.25, -0.2) is 4.99 Å². The molecule has 116 valence electrons. The minimum atomic E-state index is -0.0806. The number of aliphatic imine (C=N–C) groups is 1. The monoisotopic (exact) mass is 402 g/mol. The zero-order chi connectivity index (χ0) is 14.4. The van der Waals surface area contributed by atoms with Crippen molar-refractivity contribution in [2.75, 3.05) is 18.4 Å². The number of carbonyl (C=O) groups is 1. The Hall–Kier alpha value is -1.31. The van der Waals surface area contributed by atoms with Crippen LogP contribution in [0.5, 0.6) is 0 Å². The quantitative estimate of drug-likeness (QED) is 0.388. The van der Waals surface area contributed by atoms with Crippen molar-refractivity contribution in [3.63, 3.8) is 0 Å². The van der Waals surface area contributed by atoms with E-state index in [2.05, 4.69) is 22.5 Å². The van der Waals surface area contributed by atoms with E-state index in [1.165, 1.54) is 18.4 Å². The van der Waals surface area contributed by atoms with Gasteiger partial charge in [0.15, 0.2) is 5.96 Å². The summed E-state index contributed by atoms with van der Waals surface area (Å²) in [5.74, 6) is 0.856. The van der Waals surface area contributed by atoms with Gasteiger partial charge < -0.3 is 16.4 Å². The van der Waals surface area contributed by atoms with Crippen LogP contribution in [0, 0.1) is 5.92 Å². The zero-order valence-electron chi connectivity index (χ0n) is 12.3. The van der Waals surface area contributed by atoms with Gasteiger partial charge in [-0.2, -0.15) is 0 Å². The molecule has 0 spiro atoms. The summed E-state index contributed by atoms with van der Waals surface area (Å²) in [6.45, 7) is 2.94. The van der Waals surface area contributed by atoms with Crippen LogP contribution in [-0.4, -0.2) is 25.0 Å². The van der Waals surface area contributed by atoms with E-state index < -0.39 is 0 Å². The molecular weight excluding hydrogens is 379 g/mol. The molecule has 0 saturated heterocycles. The lowest BCUT2D eigenvalue weighted by Gasteiger charge is -2.06. The standard InChI is InChI=1S/C15H22N4O.HI/c1-2-11-5-7-13(8-6-11)19-15(16)18-10-14(20)17-9-12-3-4-12;/h5-8,12H,2-4,9-10H2,1H3,(H,17,20)(H3,16,18,19);1H. The maximum Gasteiger partial charge on any atom is 0.241 e. The van der Waals surface area contributed by atoms with Crippen molar-refractivity contribution in [1.82, 2.24) is 5.32 Å². The number of benzene rings is 1. The Bertz CT molecular complexity index is 483. The molecule has 1 amide bonds. The molecule has 0 unspecified atom stereocenters. The molecule has 1 aliphatic carbocycles. The largest absolute Gasteiger partial charge is 0.370 e. The number of nitrogens with two attached hydrogens (primary N) is 1. The van der Waals surface area contributed by atoms with E-state index in [9.17, 15) is 4.79 Å². The Labute approximate surface area is 142 Å². The lowest BCUT2D eigenvalue weighted by atomic mass is 10.1. The van der Waals surface area contributed by atoms with Crippen molar-refractivity contribution in [2.24, 2.45) is 16.6 Å². The fourth-order valence-electron chi connectivity index (χ4n) is 1.80. The predicted molar refractivity (Wildman–Crippen MR) is 97.1 cm³/mol. The van der Waals surface area contributed by atoms with Gasteiger partial charge in [0.05, 0.1) is 0 Å². The molecule has 21 heavy (non-hydrogen) atoms. The van der Waals surface area contributed by atoms with Gasteiger partial charge in [-0.3, -0.25) is 4.79 Å². The summed E-state index contributed by atoms with van der Waals surface area (Å²) in [4.78, 5) is 15.5. The van der Waals surface area contributed by atoms with Crippen LogP contribution >= 0.6 is 24.0 Å². The van der Waals surface area contributed by atoms with Crippen LogP contribution in [0.2, 0.25) is 0 Å². The van der Waals surface area contributed by atoms with E-state index in [4.69, 9.17) is 5.73 Å². The van der Waals surface area contributed by atoms with Crippen molar-refractivity contribution in [3.8, 4) is 0 Å². The fraction of sp³-hybridized carbons (Fsp3) is 0.467. The summed E-state index contributed by atoms with van der Waals surface area (Å²) in [6.07, 6.45) is 3.45. The van der Waals surface area contributed by atoms with Gasteiger partial charge in [0.25, 0.3) is 0 Å². The SMILES string of the molecule is CCc1ccc(NC(N)=NCC(=O)NCC2CC2)cc1.I. The van der Waals surface area contributed by atoms with Gasteiger partial charge in [-0.05, 0) is 42.9 Å². The Morgan fingerprint density at radius 2 is 2.00 bits per heavy atom. The first-order valence-electron chi connectivity index (χ1n) is 7.10. The Morgan fingerprint density at radius 1 is 1.33 bits per heavy atom. The number of amides is 1. The average molecular weight is 402 g/mol. The molecule has 1 fully saturated rings. The molecule has 6 heteroatoms. The second kappa shape index (κ2) is 8.86. The number of aryl methyl sites for hydroxylation is 1. The number of nitrogens with one attached hydrogen (secondary N) is 2. The molecule has 0 bridgehead atoms. The van der Waals surface area contributed by atoms with Crippen LogP contribution in [0.4, 0.5) is 5.69 Å². The number of hydrogen-bond acceptors (Lipinski definition) is 2. The van der Waals surface area contributed by atoms with Gasteiger partial charge in [-0.15, -0.1) is 24.0 Å². The number of anilines is 1. The van der Waals surface area contributed by atoms with Gasteiger partial charge in [0, 0.05) is 12.2 Å². The number of guanidine groups is 1. The van der Waals surface area contributed by atoms with Crippen LogP contribution in [0.15, 0.2) is 29.3 Å². The van der Waals surface area contributed by atoms with Crippen LogP contribution < -0.4 is 16.4 Å².